The van der Waals surface area contributed by atoms with Crippen LogP contribution in [0.5, 0.6) is 5.88 Å². The van der Waals surface area contributed by atoms with Gasteiger partial charge in [0.1, 0.15) is 11.5 Å². The molecule has 0 aliphatic heterocycles. The molecule has 0 spiro atoms. The minimum Gasteiger partial charge on any atom is -0.477 e. The first-order chi connectivity index (χ1) is 9.21. The topological polar surface area (TPSA) is 72.0 Å². The summed E-state index contributed by atoms with van der Waals surface area (Å²) < 4.78 is 43.0. The van der Waals surface area contributed by atoms with Crippen molar-refractivity contribution < 1.29 is 17.9 Å². The van der Waals surface area contributed by atoms with Gasteiger partial charge in [-0.1, -0.05) is 13.8 Å². The lowest BCUT2D eigenvalue weighted by atomic mass is 10.1. The Kier molecular flexibility index (Phi) is 5.35. The van der Waals surface area contributed by atoms with Gasteiger partial charge in [-0.3, -0.25) is 5.41 Å². The van der Waals surface area contributed by atoms with Gasteiger partial charge in [0, 0.05) is 0 Å². The minimum absolute atomic E-state index is 0.0718. The molecule has 0 aliphatic rings. The molecule has 0 saturated carbocycles. The average molecular weight is 289 g/mol. The molecule has 0 radical (unpaired) electrons. The van der Waals surface area contributed by atoms with E-state index < -0.39 is 11.9 Å². The van der Waals surface area contributed by atoms with Crippen molar-refractivity contribution in [3.05, 3.63) is 23.4 Å². The van der Waals surface area contributed by atoms with Crippen molar-refractivity contribution in [1.82, 2.24) is 4.98 Å². The second-order valence-corrected chi connectivity index (χ2v) is 4.85. The first-order valence-corrected chi connectivity index (χ1v) is 6.27. The lowest BCUT2D eigenvalue weighted by molar-refractivity contribution is -0.141. The summed E-state index contributed by atoms with van der Waals surface area (Å²) in [6.07, 6.45) is -2.95. The molecule has 0 saturated heterocycles. The Morgan fingerprint density at radius 3 is 2.55 bits per heavy atom. The second-order valence-electron chi connectivity index (χ2n) is 4.85. The maximum Gasteiger partial charge on any atom is 0.433 e. The van der Waals surface area contributed by atoms with Crippen LogP contribution in [0.15, 0.2) is 12.1 Å². The summed E-state index contributed by atoms with van der Waals surface area (Å²) in [7, 11) is 0. The second kappa shape index (κ2) is 6.58. The predicted molar refractivity (Wildman–Crippen MR) is 69.8 cm³/mol. The van der Waals surface area contributed by atoms with Crippen molar-refractivity contribution in [3.63, 3.8) is 0 Å². The van der Waals surface area contributed by atoms with Gasteiger partial charge in [-0.05, 0) is 30.9 Å². The van der Waals surface area contributed by atoms with Crippen molar-refractivity contribution >= 4 is 5.84 Å². The molecule has 3 N–H and O–H groups in total. The number of ether oxygens (including phenoxy) is 1. The van der Waals surface area contributed by atoms with Crippen LogP contribution in [0.4, 0.5) is 13.2 Å². The number of nitrogens with zero attached hydrogens (tertiary/aromatic N) is 1. The Labute approximate surface area is 115 Å². The fourth-order valence-electron chi connectivity index (χ4n) is 1.57. The summed E-state index contributed by atoms with van der Waals surface area (Å²) in [5.41, 5.74) is 4.33. The lowest BCUT2D eigenvalue weighted by Gasteiger charge is -2.13. The Morgan fingerprint density at radius 2 is 2.05 bits per heavy atom. The van der Waals surface area contributed by atoms with Crippen molar-refractivity contribution in [2.45, 2.75) is 32.9 Å². The third-order valence-electron chi connectivity index (χ3n) is 2.61. The van der Waals surface area contributed by atoms with Crippen LogP contribution in [-0.2, 0) is 6.18 Å². The SMILES string of the molecule is CC(C)CCCOc1nc(C(F)(F)F)ccc1C(=N)N. The monoisotopic (exact) mass is 289 g/mol. The van der Waals surface area contributed by atoms with Gasteiger partial charge in [0.2, 0.25) is 5.88 Å². The molecule has 0 bridgehead atoms. The molecule has 4 nitrogen and oxygen atoms in total. The highest BCUT2D eigenvalue weighted by atomic mass is 19.4. The van der Waals surface area contributed by atoms with E-state index in [1.165, 1.54) is 0 Å². The number of rotatable bonds is 6. The van der Waals surface area contributed by atoms with E-state index in [1.54, 1.807) is 0 Å². The highest BCUT2D eigenvalue weighted by molar-refractivity contribution is 5.97. The fourth-order valence-corrected chi connectivity index (χ4v) is 1.57. The zero-order valence-electron chi connectivity index (χ0n) is 11.4. The lowest BCUT2D eigenvalue weighted by Crippen LogP contribution is -2.17. The van der Waals surface area contributed by atoms with Gasteiger partial charge in [-0.15, -0.1) is 0 Å². The first-order valence-electron chi connectivity index (χ1n) is 6.27. The van der Waals surface area contributed by atoms with Crippen LogP contribution in [0.1, 0.15) is 37.9 Å². The van der Waals surface area contributed by atoms with Crippen LogP contribution in [-0.4, -0.2) is 17.4 Å². The van der Waals surface area contributed by atoms with Crippen LogP contribution in [0.25, 0.3) is 0 Å². The van der Waals surface area contributed by atoms with Crippen molar-refractivity contribution in [3.8, 4) is 5.88 Å². The summed E-state index contributed by atoms with van der Waals surface area (Å²) in [6.45, 7) is 4.33. The van der Waals surface area contributed by atoms with E-state index >= 15 is 0 Å². The molecule has 0 unspecified atom stereocenters. The van der Waals surface area contributed by atoms with Gasteiger partial charge in [0.05, 0.1) is 12.2 Å². The Bertz CT molecular complexity index is 472. The number of nitrogens with one attached hydrogen (secondary N) is 1. The van der Waals surface area contributed by atoms with Gasteiger partial charge in [-0.2, -0.15) is 13.2 Å². The quantitative estimate of drug-likeness (QED) is 0.480. The number of alkyl halides is 3. The van der Waals surface area contributed by atoms with E-state index in [1.807, 2.05) is 13.8 Å². The number of hydrogen-bond acceptors (Lipinski definition) is 3. The Balaban J connectivity index is 2.87. The van der Waals surface area contributed by atoms with Crippen LogP contribution in [0.2, 0.25) is 0 Å². The maximum atomic E-state index is 12.6. The number of amidine groups is 1. The summed E-state index contributed by atoms with van der Waals surface area (Å²) in [4.78, 5) is 3.41. The summed E-state index contributed by atoms with van der Waals surface area (Å²) in [5, 5.41) is 7.33. The number of pyridine rings is 1. The summed E-state index contributed by atoms with van der Waals surface area (Å²) in [5.74, 6) is -0.124. The molecule has 7 heteroatoms. The van der Waals surface area contributed by atoms with Gasteiger partial charge in [-0.25, -0.2) is 4.98 Å². The third kappa shape index (κ3) is 4.71. The molecular formula is C13H18F3N3O. The molecule has 0 aromatic carbocycles. The maximum absolute atomic E-state index is 12.6. The van der Waals surface area contributed by atoms with Gasteiger partial charge >= 0.3 is 6.18 Å². The van der Waals surface area contributed by atoms with E-state index in [0.717, 1.165) is 18.6 Å². The molecule has 20 heavy (non-hydrogen) atoms. The molecule has 0 aliphatic carbocycles. The molecule has 1 heterocycles. The first kappa shape index (κ1) is 16.3. The van der Waals surface area contributed by atoms with Gasteiger partial charge in [0.15, 0.2) is 0 Å². The van der Waals surface area contributed by atoms with Gasteiger partial charge in [0.25, 0.3) is 0 Å². The Hall–Kier alpha value is -1.79. The van der Waals surface area contributed by atoms with E-state index in [2.05, 4.69) is 4.98 Å². The zero-order chi connectivity index (χ0) is 15.3. The standard InChI is InChI=1S/C13H18F3N3O/c1-8(2)4-3-7-20-12-9(11(17)18)5-6-10(19-12)13(14,15)16/h5-6,8H,3-4,7H2,1-2H3,(H3,17,18). The van der Waals surface area contributed by atoms with Crippen molar-refractivity contribution in [2.24, 2.45) is 11.7 Å². The normalized spacial score (nSPS) is 11.7. The highest BCUT2D eigenvalue weighted by Gasteiger charge is 2.33. The number of nitrogens with two attached hydrogens (primary N) is 1. The Morgan fingerprint density at radius 1 is 1.40 bits per heavy atom. The minimum atomic E-state index is -4.55. The molecule has 112 valence electrons. The summed E-state index contributed by atoms with van der Waals surface area (Å²) in [6, 6.07) is 1.90. The van der Waals surface area contributed by atoms with Crippen molar-refractivity contribution in [1.29, 1.82) is 5.41 Å². The van der Waals surface area contributed by atoms with Gasteiger partial charge < -0.3 is 10.5 Å². The fraction of sp³-hybridized carbons (Fsp3) is 0.538. The van der Waals surface area contributed by atoms with E-state index in [4.69, 9.17) is 15.9 Å². The molecular weight excluding hydrogens is 271 g/mol. The van der Waals surface area contributed by atoms with Crippen molar-refractivity contribution in [2.75, 3.05) is 6.61 Å². The van der Waals surface area contributed by atoms with Crippen LogP contribution >= 0.6 is 0 Å². The van der Waals surface area contributed by atoms with Crippen LogP contribution in [0, 0.1) is 11.3 Å². The molecule has 1 aromatic rings. The third-order valence-corrected chi connectivity index (χ3v) is 2.61. The molecule has 0 fully saturated rings. The largest absolute Gasteiger partial charge is 0.477 e. The van der Waals surface area contributed by atoms with Crippen LogP contribution < -0.4 is 10.5 Å². The smallest absolute Gasteiger partial charge is 0.433 e. The predicted octanol–water partition coefficient (Wildman–Crippen LogP) is 3.20. The van der Waals surface area contributed by atoms with E-state index in [9.17, 15) is 13.2 Å². The highest BCUT2D eigenvalue weighted by Crippen LogP contribution is 2.30. The average Bonchev–Trinajstić information content (AvgIpc) is 2.32. The van der Waals surface area contributed by atoms with E-state index in [0.29, 0.717) is 12.3 Å². The molecule has 1 aromatic heterocycles. The number of aromatic nitrogens is 1. The van der Waals surface area contributed by atoms with Crippen LogP contribution in [0.3, 0.4) is 0 Å². The number of nitrogen functional groups attached to an aromatic ring is 1. The number of halogens is 3. The molecule has 1 rings (SSSR count). The summed E-state index contributed by atoms with van der Waals surface area (Å²) >= 11 is 0. The molecule has 0 atom stereocenters. The molecule has 0 amide bonds. The zero-order valence-corrected chi connectivity index (χ0v) is 11.4. The van der Waals surface area contributed by atoms with E-state index in [-0.39, 0.29) is 23.9 Å². The number of hydrogen-bond donors (Lipinski definition) is 2.